The lowest BCUT2D eigenvalue weighted by Gasteiger charge is -2.07. The Morgan fingerprint density at radius 2 is 2.20 bits per heavy atom. The number of ether oxygens (including phenoxy) is 1. The van der Waals surface area contributed by atoms with E-state index in [0.717, 1.165) is 18.8 Å². The average molecular weight is 315 g/mol. The number of nitrogens with one attached hydrogen (secondary N) is 1. The molecule has 0 spiro atoms. The number of aromatic nitrogens is 3. The maximum atomic E-state index is 6.02. The molecule has 0 aliphatic rings. The molecule has 0 saturated heterocycles. The zero-order valence-electron chi connectivity index (χ0n) is 11.1. The average Bonchev–Trinajstić information content (AvgIpc) is 2.87. The lowest BCUT2D eigenvalue weighted by molar-refractivity contribution is 0.290. The molecule has 2 aromatic rings. The Bertz CT molecular complexity index is 559. The summed E-state index contributed by atoms with van der Waals surface area (Å²) in [6, 6.07) is 5.15. The first-order valence-corrected chi connectivity index (χ1v) is 7.12. The first-order valence-electron chi connectivity index (χ1n) is 6.36. The second-order valence-corrected chi connectivity index (χ2v) is 5.02. The molecule has 0 bridgehead atoms. The minimum atomic E-state index is 0.464. The van der Waals surface area contributed by atoms with Gasteiger partial charge in [-0.05, 0) is 24.7 Å². The highest BCUT2D eigenvalue weighted by Crippen LogP contribution is 2.27. The fraction of sp³-hybridized carbons (Fsp3) is 0.385. The molecular formula is C13H16Cl2N4O. The minimum absolute atomic E-state index is 0.464. The molecule has 0 unspecified atom stereocenters. The first-order chi connectivity index (χ1) is 9.69. The minimum Gasteiger partial charge on any atom is -0.490 e. The van der Waals surface area contributed by atoms with Gasteiger partial charge in [-0.1, -0.05) is 35.3 Å². The van der Waals surface area contributed by atoms with Gasteiger partial charge in [-0.2, -0.15) is 0 Å². The monoisotopic (exact) mass is 314 g/mol. The fourth-order valence-corrected chi connectivity index (χ4v) is 2.09. The summed E-state index contributed by atoms with van der Waals surface area (Å²) < 4.78 is 7.34. The van der Waals surface area contributed by atoms with Gasteiger partial charge in [0.15, 0.2) is 0 Å². The van der Waals surface area contributed by atoms with E-state index in [0.29, 0.717) is 28.9 Å². The van der Waals surface area contributed by atoms with Gasteiger partial charge in [-0.25, -0.2) is 4.68 Å². The lowest BCUT2D eigenvalue weighted by Crippen LogP contribution is -2.12. The van der Waals surface area contributed by atoms with Gasteiger partial charge >= 0.3 is 0 Å². The Hall–Kier alpha value is -1.30. The normalized spacial score (nSPS) is 10.8. The summed E-state index contributed by atoms with van der Waals surface area (Å²) in [5.74, 6) is 0.615. The van der Waals surface area contributed by atoms with Crippen molar-refractivity contribution in [1.82, 2.24) is 20.3 Å². The third kappa shape index (κ3) is 4.37. The summed E-state index contributed by atoms with van der Waals surface area (Å²) >= 11 is 11.8. The van der Waals surface area contributed by atoms with Gasteiger partial charge in [-0.15, -0.1) is 5.10 Å². The summed E-state index contributed by atoms with van der Waals surface area (Å²) in [5.41, 5.74) is 0.913. The molecule has 0 fully saturated rings. The highest BCUT2D eigenvalue weighted by atomic mass is 35.5. The van der Waals surface area contributed by atoms with E-state index in [1.165, 1.54) is 0 Å². The van der Waals surface area contributed by atoms with E-state index in [9.17, 15) is 0 Å². The first kappa shape index (κ1) is 15.1. The van der Waals surface area contributed by atoms with Crippen LogP contribution in [0.4, 0.5) is 0 Å². The SMILES string of the molecule is CCNCc1cn(CCOc2ccc(Cl)cc2Cl)nn1. The summed E-state index contributed by atoms with van der Waals surface area (Å²) in [4.78, 5) is 0. The molecule has 0 aliphatic heterocycles. The van der Waals surface area contributed by atoms with Crippen LogP contribution in [0.3, 0.4) is 0 Å². The third-order valence-electron chi connectivity index (χ3n) is 2.61. The van der Waals surface area contributed by atoms with Gasteiger partial charge in [0.2, 0.25) is 0 Å². The van der Waals surface area contributed by atoms with Crippen LogP contribution >= 0.6 is 23.2 Å². The van der Waals surface area contributed by atoms with Gasteiger partial charge < -0.3 is 10.1 Å². The Morgan fingerprint density at radius 3 is 2.95 bits per heavy atom. The van der Waals surface area contributed by atoms with Crippen molar-refractivity contribution in [3.63, 3.8) is 0 Å². The highest BCUT2D eigenvalue weighted by molar-refractivity contribution is 6.35. The molecule has 108 valence electrons. The van der Waals surface area contributed by atoms with Crippen LogP contribution in [-0.2, 0) is 13.1 Å². The van der Waals surface area contributed by atoms with E-state index in [1.54, 1.807) is 22.9 Å². The van der Waals surface area contributed by atoms with Gasteiger partial charge in [0.25, 0.3) is 0 Å². The van der Waals surface area contributed by atoms with Gasteiger partial charge in [0, 0.05) is 17.8 Å². The number of nitrogens with zero attached hydrogens (tertiary/aromatic N) is 3. The van der Waals surface area contributed by atoms with Crippen molar-refractivity contribution >= 4 is 23.2 Å². The quantitative estimate of drug-likeness (QED) is 0.853. The van der Waals surface area contributed by atoms with Gasteiger partial charge in [0.1, 0.15) is 12.4 Å². The van der Waals surface area contributed by atoms with E-state index in [4.69, 9.17) is 27.9 Å². The molecule has 1 aromatic carbocycles. The van der Waals surface area contributed by atoms with Crippen LogP contribution in [0.25, 0.3) is 0 Å². The van der Waals surface area contributed by atoms with Crippen LogP contribution < -0.4 is 10.1 Å². The van der Waals surface area contributed by atoms with E-state index >= 15 is 0 Å². The van der Waals surface area contributed by atoms with Crippen molar-refractivity contribution in [3.05, 3.63) is 40.1 Å². The van der Waals surface area contributed by atoms with Crippen LogP contribution in [0.1, 0.15) is 12.6 Å². The molecule has 1 N–H and O–H groups in total. The Kier molecular flexibility index (Phi) is 5.64. The molecule has 0 atom stereocenters. The fourth-order valence-electron chi connectivity index (χ4n) is 1.62. The van der Waals surface area contributed by atoms with Crippen molar-refractivity contribution < 1.29 is 4.74 Å². The molecule has 0 saturated carbocycles. The number of halogens is 2. The van der Waals surface area contributed by atoms with Crippen LogP contribution in [0.5, 0.6) is 5.75 Å². The van der Waals surface area contributed by atoms with Crippen molar-refractivity contribution in [2.24, 2.45) is 0 Å². The summed E-state index contributed by atoms with van der Waals surface area (Å²) in [6.07, 6.45) is 1.90. The molecule has 0 aliphatic carbocycles. The lowest BCUT2D eigenvalue weighted by atomic mass is 10.3. The molecule has 1 heterocycles. The van der Waals surface area contributed by atoms with Crippen LogP contribution in [0.2, 0.25) is 10.0 Å². The standard InChI is InChI=1S/C13H16Cl2N4O/c1-2-16-8-11-9-19(18-17-11)5-6-20-13-4-3-10(14)7-12(13)15/h3-4,7,9,16H,2,5-6,8H2,1H3. The second kappa shape index (κ2) is 7.47. The number of benzene rings is 1. The highest BCUT2D eigenvalue weighted by Gasteiger charge is 2.03. The molecule has 0 amide bonds. The van der Waals surface area contributed by atoms with Crippen LogP contribution in [-0.4, -0.2) is 28.1 Å². The van der Waals surface area contributed by atoms with E-state index in [2.05, 4.69) is 15.6 Å². The van der Waals surface area contributed by atoms with Crippen LogP contribution in [0.15, 0.2) is 24.4 Å². The van der Waals surface area contributed by atoms with Gasteiger partial charge in [0.05, 0.1) is 17.3 Å². The second-order valence-electron chi connectivity index (χ2n) is 4.18. The van der Waals surface area contributed by atoms with Crippen molar-refractivity contribution in [2.75, 3.05) is 13.2 Å². The number of hydrogen-bond donors (Lipinski definition) is 1. The maximum absolute atomic E-state index is 6.02. The predicted octanol–water partition coefficient (Wildman–Crippen LogP) is 2.77. The smallest absolute Gasteiger partial charge is 0.138 e. The van der Waals surface area contributed by atoms with E-state index < -0.39 is 0 Å². The van der Waals surface area contributed by atoms with Crippen molar-refractivity contribution in [2.45, 2.75) is 20.0 Å². The number of rotatable bonds is 7. The zero-order chi connectivity index (χ0) is 14.4. The summed E-state index contributed by atoms with van der Waals surface area (Å²) in [6.45, 7) is 4.75. The molecular weight excluding hydrogens is 299 g/mol. The zero-order valence-corrected chi connectivity index (χ0v) is 12.7. The molecule has 0 radical (unpaired) electrons. The molecule has 2 rings (SSSR count). The molecule has 7 heteroatoms. The Labute approximate surface area is 127 Å². The van der Waals surface area contributed by atoms with E-state index in [1.807, 2.05) is 13.1 Å². The topological polar surface area (TPSA) is 52.0 Å². The Balaban J connectivity index is 1.82. The third-order valence-corrected chi connectivity index (χ3v) is 3.14. The largest absolute Gasteiger partial charge is 0.490 e. The molecule has 20 heavy (non-hydrogen) atoms. The van der Waals surface area contributed by atoms with E-state index in [-0.39, 0.29) is 0 Å². The molecule has 5 nitrogen and oxygen atoms in total. The summed E-state index contributed by atoms with van der Waals surface area (Å²) in [7, 11) is 0. The Morgan fingerprint density at radius 1 is 1.35 bits per heavy atom. The summed E-state index contributed by atoms with van der Waals surface area (Å²) in [5, 5.41) is 12.4. The molecule has 1 aromatic heterocycles. The predicted molar refractivity (Wildman–Crippen MR) is 79.4 cm³/mol. The number of hydrogen-bond acceptors (Lipinski definition) is 4. The maximum Gasteiger partial charge on any atom is 0.138 e. The van der Waals surface area contributed by atoms with Crippen LogP contribution in [0, 0.1) is 0 Å². The van der Waals surface area contributed by atoms with Gasteiger partial charge in [-0.3, -0.25) is 0 Å². The van der Waals surface area contributed by atoms with Crippen molar-refractivity contribution in [3.8, 4) is 5.75 Å². The van der Waals surface area contributed by atoms with Crippen molar-refractivity contribution in [1.29, 1.82) is 0 Å².